The zero-order valence-corrected chi connectivity index (χ0v) is 9.68. The first kappa shape index (κ1) is 10.8. The summed E-state index contributed by atoms with van der Waals surface area (Å²) < 4.78 is 0. The van der Waals surface area contributed by atoms with E-state index in [1.54, 1.807) is 12.1 Å². The van der Waals surface area contributed by atoms with E-state index < -0.39 is 0 Å². The Morgan fingerprint density at radius 1 is 1.13 bits per heavy atom. The van der Waals surface area contributed by atoms with Gasteiger partial charge in [-0.05, 0) is 18.2 Å². The summed E-state index contributed by atoms with van der Waals surface area (Å²) in [5.41, 5.74) is 0.927. The van der Waals surface area contributed by atoms with E-state index in [2.05, 4.69) is 4.90 Å². The number of ketones is 1. The molecule has 4 heteroatoms. The van der Waals surface area contributed by atoms with Gasteiger partial charge in [-0.1, -0.05) is 23.2 Å². The molecular formula is C11H11Cl2NO. The molecule has 1 aliphatic heterocycles. The second-order valence-corrected chi connectivity index (χ2v) is 4.47. The molecular weight excluding hydrogens is 233 g/mol. The van der Waals surface area contributed by atoms with Gasteiger partial charge in [0.2, 0.25) is 0 Å². The van der Waals surface area contributed by atoms with Gasteiger partial charge in [-0.15, -0.1) is 0 Å². The molecule has 0 unspecified atom stereocenters. The second-order valence-electron chi connectivity index (χ2n) is 3.62. The van der Waals surface area contributed by atoms with E-state index in [-0.39, 0.29) is 0 Å². The average molecular weight is 244 g/mol. The first-order chi connectivity index (χ1) is 7.16. The van der Waals surface area contributed by atoms with Crippen molar-refractivity contribution >= 4 is 34.7 Å². The number of benzene rings is 1. The predicted molar refractivity (Wildman–Crippen MR) is 62.9 cm³/mol. The summed E-state index contributed by atoms with van der Waals surface area (Å²) >= 11 is 12.0. The van der Waals surface area contributed by atoms with Crippen LogP contribution in [0.5, 0.6) is 0 Å². The van der Waals surface area contributed by atoms with Crippen molar-refractivity contribution in [1.29, 1.82) is 0 Å². The van der Waals surface area contributed by atoms with Crippen LogP contribution >= 0.6 is 23.2 Å². The lowest BCUT2D eigenvalue weighted by molar-refractivity contribution is -0.119. The molecule has 1 aromatic rings. The van der Waals surface area contributed by atoms with Crippen LogP contribution in [0.25, 0.3) is 0 Å². The third-order valence-corrected chi connectivity index (χ3v) is 3.12. The molecule has 1 aromatic carbocycles. The second kappa shape index (κ2) is 4.42. The van der Waals surface area contributed by atoms with Crippen molar-refractivity contribution in [2.24, 2.45) is 0 Å². The van der Waals surface area contributed by atoms with Gasteiger partial charge in [0.05, 0.1) is 10.7 Å². The Labute approximate surface area is 98.8 Å². The molecule has 80 valence electrons. The minimum Gasteiger partial charge on any atom is -0.369 e. The maximum absolute atomic E-state index is 11.1. The molecule has 0 aromatic heterocycles. The number of Topliss-reactive ketones (excluding diaryl/α,β-unsaturated/α-hetero) is 1. The summed E-state index contributed by atoms with van der Waals surface area (Å²) in [6, 6.07) is 5.40. The summed E-state index contributed by atoms with van der Waals surface area (Å²) in [4.78, 5) is 13.2. The number of hydrogen-bond donors (Lipinski definition) is 0. The molecule has 0 N–H and O–H groups in total. The summed E-state index contributed by atoms with van der Waals surface area (Å²) in [5.74, 6) is 0.324. The van der Waals surface area contributed by atoms with Crippen molar-refractivity contribution in [3.8, 4) is 0 Å². The van der Waals surface area contributed by atoms with Gasteiger partial charge in [-0.25, -0.2) is 0 Å². The van der Waals surface area contributed by atoms with Crippen molar-refractivity contribution < 1.29 is 4.79 Å². The quantitative estimate of drug-likeness (QED) is 0.756. The van der Waals surface area contributed by atoms with Gasteiger partial charge in [0.1, 0.15) is 5.78 Å². The Morgan fingerprint density at radius 3 is 2.47 bits per heavy atom. The van der Waals surface area contributed by atoms with Crippen LogP contribution in [0.3, 0.4) is 0 Å². The Balaban J connectivity index is 2.21. The highest BCUT2D eigenvalue weighted by molar-refractivity contribution is 6.35. The van der Waals surface area contributed by atoms with Gasteiger partial charge >= 0.3 is 0 Å². The standard InChI is InChI=1S/C11H11Cl2NO/c12-8-1-2-10(13)11(7-8)14-5-3-9(15)4-6-14/h1-2,7H,3-6H2. The van der Waals surface area contributed by atoms with Gasteiger partial charge in [0.25, 0.3) is 0 Å². The van der Waals surface area contributed by atoms with Crippen LogP contribution in [-0.4, -0.2) is 18.9 Å². The number of nitrogens with zero attached hydrogens (tertiary/aromatic N) is 1. The maximum atomic E-state index is 11.1. The lowest BCUT2D eigenvalue weighted by Crippen LogP contribution is -2.33. The summed E-state index contributed by atoms with van der Waals surface area (Å²) in [6.07, 6.45) is 1.20. The lowest BCUT2D eigenvalue weighted by atomic mass is 10.1. The summed E-state index contributed by atoms with van der Waals surface area (Å²) in [7, 11) is 0. The van der Waals surface area contributed by atoms with E-state index in [1.165, 1.54) is 0 Å². The Bertz CT molecular complexity index is 382. The Kier molecular flexibility index (Phi) is 3.17. The lowest BCUT2D eigenvalue weighted by Gasteiger charge is -2.29. The molecule has 1 heterocycles. The number of anilines is 1. The maximum Gasteiger partial charge on any atom is 0.136 e. The zero-order valence-electron chi connectivity index (χ0n) is 8.17. The number of halogens is 2. The van der Waals surface area contributed by atoms with E-state index >= 15 is 0 Å². The molecule has 0 atom stereocenters. The number of carbonyl (C=O) groups is 1. The average Bonchev–Trinajstić information content (AvgIpc) is 2.23. The molecule has 0 bridgehead atoms. The van der Waals surface area contributed by atoms with Gasteiger partial charge < -0.3 is 4.90 Å². The normalized spacial score (nSPS) is 16.9. The minimum atomic E-state index is 0.324. The van der Waals surface area contributed by atoms with Gasteiger partial charge in [-0.2, -0.15) is 0 Å². The van der Waals surface area contributed by atoms with Crippen molar-refractivity contribution in [1.82, 2.24) is 0 Å². The van der Waals surface area contributed by atoms with Crippen molar-refractivity contribution in [2.75, 3.05) is 18.0 Å². The van der Waals surface area contributed by atoms with Crippen LogP contribution in [0.2, 0.25) is 10.0 Å². The number of piperidine rings is 1. The van der Waals surface area contributed by atoms with E-state index in [9.17, 15) is 4.79 Å². The molecule has 0 spiro atoms. The molecule has 1 saturated heterocycles. The van der Waals surface area contributed by atoms with E-state index in [1.807, 2.05) is 6.07 Å². The fraction of sp³-hybridized carbons (Fsp3) is 0.364. The topological polar surface area (TPSA) is 20.3 Å². The van der Waals surface area contributed by atoms with Crippen LogP contribution in [-0.2, 0) is 4.79 Å². The third-order valence-electron chi connectivity index (χ3n) is 2.57. The van der Waals surface area contributed by atoms with E-state index in [0.717, 1.165) is 18.8 Å². The monoisotopic (exact) mass is 243 g/mol. The smallest absolute Gasteiger partial charge is 0.136 e. The highest BCUT2D eigenvalue weighted by Gasteiger charge is 2.18. The van der Waals surface area contributed by atoms with Gasteiger partial charge in [0, 0.05) is 31.0 Å². The zero-order chi connectivity index (χ0) is 10.8. The molecule has 2 rings (SSSR count). The van der Waals surface area contributed by atoms with Crippen molar-refractivity contribution in [3.05, 3.63) is 28.2 Å². The number of hydrogen-bond acceptors (Lipinski definition) is 2. The molecule has 2 nitrogen and oxygen atoms in total. The summed E-state index contributed by atoms with van der Waals surface area (Å²) in [6.45, 7) is 1.47. The molecule has 1 fully saturated rings. The Hall–Kier alpha value is -0.730. The van der Waals surface area contributed by atoms with Crippen molar-refractivity contribution in [2.45, 2.75) is 12.8 Å². The number of rotatable bonds is 1. The highest BCUT2D eigenvalue weighted by atomic mass is 35.5. The highest BCUT2D eigenvalue weighted by Crippen LogP contribution is 2.30. The largest absolute Gasteiger partial charge is 0.369 e. The SMILES string of the molecule is O=C1CCN(c2cc(Cl)ccc2Cl)CC1. The van der Waals surface area contributed by atoms with Crippen LogP contribution in [0.4, 0.5) is 5.69 Å². The number of carbonyl (C=O) groups excluding carboxylic acids is 1. The van der Waals surface area contributed by atoms with Crippen LogP contribution in [0.1, 0.15) is 12.8 Å². The fourth-order valence-corrected chi connectivity index (χ4v) is 2.13. The predicted octanol–water partition coefficient (Wildman–Crippen LogP) is 3.16. The molecule has 0 amide bonds. The molecule has 15 heavy (non-hydrogen) atoms. The fourth-order valence-electron chi connectivity index (χ4n) is 1.73. The van der Waals surface area contributed by atoms with E-state index in [0.29, 0.717) is 28.7 Å². The minimum absolute atomic E-state index is 0.324. The van der Waals surface area contributed by atoms with Crippen molar-refractivity contribution in [3.63, 3.8) is 0 Å². The molecule has 0 aliphatic carbocycles. The van der Waals surface area contributed by atoms with E-state index in [4.69, 9.17) is 23.2 Å². The van der Waals surface area contributed by atoms with Crippen LogP contribution in [0.15, 0.2) is 18.2 Å². The third kappa shape index (κ3) is 2.44. The first-order valence-electron chi connectivity index (χ1n) is 4.88. The molecule has 0 saturated carbocycles. The molecule has 0 radical (unpaired) electrons. The van der Waals surface area contributed by atoms with Gasteiger partial charge in [-0.3, -0.25) is 4.79 Å². The van der Waals surface area contributed by atoms with Crippen LogP contribution < -0.4 is 4.90 Å². The first-order valence-corrected chi connectivity index (χ1v) is 5.64. The summed E-state index contributed by atoms with van der Waals surface area (Å²) in [5, 5.41) is 1.36. The van der Waals surface area contributed by atoms with Gasteiger partial charge in [0.15, 0.2) is 0 Å². The Morgan fingerprint density at radius 2 is 1.80 bits per heavy atom. The van der Waals surface area contributed by atoms with Crippen LogP contribution in [0, 0.1) is 0 Å². The molecule has 1 aliphatic rings.